The van der Waals surface area contributed by atoms with Gasteiger partial charge in [0.15, 0.2) is 4.67 Å². The van der Waals surface area contributed by atoms with Crippen LogP contribution in [-0.2, 0) is 6.42 Å². The number of hydrogen-bond acceptors (Lipinski definition) is 2. The highest BCUT2D eigenvalue weighted by Crippen LogP contribution is 2.40. The largest absolute Gasteiger partial charge is 0.453 e. The van der Waals surface area contributed by atoms with E-state index in [1.807, 2.05) is 19.2 Å². The highest BCUT2D eigenvalue weighted by atomic mass is 79.9. The molecule has 2 unspecified atom stereocenters. The molecule has 1 aliphatic carbocycles. The predicted molar refractivity (Wildman–Crippen MR) is 75.7 cm³/mol. The van der Waals surface area contributed by atoms with Crippen LogP contribution in [0.5, 0.6) is 0 Å². The summed E-state index contributed by atoms with van der Waals surface area (Å²) in [5.41, 5.74) is 3.00. The Morgan fingerprint density at radius 2 is 2.17 bits per heavy atom. The molecule has 2 aromatic rings. The minimum absolute atomic E-state index is 0.287. The van der Waals surface area contributed by atoms with Crippen LogP contribution in [0.2, 0.25) is 0 Å². The average Bonchev–Trinajstić information content (AvgIpc) is 2.77. The first kappa shape index (κ1) is 12.0. The first-order valence-corrected chi connectivity index (χ1v) is 7.07. The lowest BCUT2D eigenvalue weighted by atomic mass is 9.74. The van der Waals surface area contributed by atoms with Crippen molar-refractivity contribution in [1.82, 2.24) is 5.32 Å². The molecule has 0 fully saturated rings. The van der Waals surface area contributed by atoms with Gasteiger partial charge in [-0.2, -0.15) is 0 Å². The topological polar surface area (TPSA) is 25.2 Å². The molecule has 1 N–H and O–H groups in total. The lowest BCUT2D eigenvalue weighted by molar-refractivity contribution is 0.371. The van der Waals surface area contributed by atoms with Crippen molar-refractivity contribution in [1.29, 1.82) is 0 Å². The van der Waals surface area contributed by atoms with E-state index in [0.29, 0.717) is 5.92 Å². The predicted octanol–water partition coefficient (Wildman–Crippen LogP) is 4.03. The Bertz CT molecular complexity index is 549. The van der Waals surface area contributed by atoms with Crippen LogP contribution in [0.1, 0.15) is 35.3 Å². The van der Waals surface area contributed by atoms with Crippen LogP contribution < -0.4 is 5.32 Å². The maximum Gasteiger partial charge on any atom is 0.169 e. The van der Waals surface area contributed by atoms with E-state index >= 15 is 0 Å². The summed E-state index contributed by atoms with van der Waals surface area (Å²) in [6, 6.07) is 13.0. The molecule has 18 heavy (non-hydrogen) atoms. The molecule has 3 rings (SSSR count). The minimum atomic E-state index is 0.287. The second-order valence-electron chi connectivity index (χ2n) is 4.82. The van der Waals surface area contributed by atoms with Gasteiger partial charge in [0.1, 0.15) is 5.76 Å². The van der Waals surface area contributed by atoms with Crippen molar-refractivity contribution in [2.75, 3.05) is 7.05 Å². The molecule has 2 atom stereocenters. The summed E-state index contributed by atoms with van der Waals surface area (Å²) in [4.78, 5) is 0. The molecule has 1 aromatic heterocycles. The summed E-state index contributed by atoms with van der Waals surface area (Å²) in [5, 5.41) is 3.35. The Hall–Kier alpha value is -1.06. The second kappa shape index (κ2) is 4.90. The van der Waals surface area contributed by atoms with Crippen molar-refractivity contribution in [2.45, 2.75) is 24.8 Å². The van der Waals surface area contributed by atoms with E-state index in [9.17, 15) is 0 Å². The molecular weight excluding hydrogens is 290 g/mol. The fraction of sp³-hybridized carbons (Fsp3) is 0.333. The zero-order valence-corrected chi connectivity index (χ0v) is 11.9. The van der Waals surface area contributed by atoms with E-state index in [-0.39, 0.29) is 6.04 Å². The lowest BCUT2D eigenvalue weighted by Crippen LogP contribution is -2.24. The number of furan rings is 1. The highest BCUT2D eigenvalue weighted by Gasteiger charge is 2.29. The van der Waals surface area contributed by atoms with Crippen molar-refractivity contribution < 1.29 is 4.42 Å². The van der Waals surface area contributed by atoms with Crippen molar-refractivity contribution in [3.8, 4) is 0 Å². The third kappa shape index (κ3) is 2.13. The van der Waals surface area contributed by atoms with Gasteiger partial charge in [-0.05, 0) is 65.0 Å². The van der Waals surface area contributed by atoms with Crippen LogP contribution in [-0.4, -0.2) is 7.05 Å². The molecule has 0 amide bonds. The minimum Gasteiger partial charge on any atom is -0.453 e. The van der Waals surface area contributed by atoms with Crippen LogP contribution in [0.25, 0.3) is 0 Å². The molecule has 0 saturated heterocycles. The summed E-state index contributed by atoms with van der Waals surface area (Å²) in [5.74, 6) is 1.66. The van der Waals surface area contributed by atoms with Gasteiger partial charge < -0.3 is 9.73 Å². The van der Waals surface area contributed by atoms with Crippen LogP contribution in [0.15, 0.2) is 45.5 Å². The number of halogens is 1. The van der Waals surface area contributed by atoms with Crippen molar-refractivity contribution in [3.05, 3.63) is 58.0 Å². The number of hydrogen-bond donors (Lipinski definition) is 1. The van der Waals surface area contributed by atoms with E-state index in [4.69, 9.17) is 4.42 Å². The molecule has 3 heteroatoms. The molecule has 0 radical (unpaired) electrons. The average molecular weight is 306 g/mol. The summed E-state index contributed by atoms with van der Waals surface area (Å²) >= 11 is 3.36. The zero-order valence-electron chi connectivity index (χ0n) is 10.3. The molecule has 94 valence electrons. The third-order valence-electron chi connectivity index (χ3n) is 3.77. The molecule has 2 nitrogen and oxygen atoms in total. The molecule has 1 aliphatic rings. The Morgan fingerprint density at radius 3 is 2.83 bits per heavy atom. The van der Waals surface area contributed by atoms with Gasteiger partial charge in [0, 0.05) is 0 Å². The second-order valence-corrected chi connectivity index (χ2v) is 5.60. The lowest BCUT2D eigenvalue weighted by Gasteiger charge is -2.32. The van der Waals surface area contributed by atoms with Crippen molar-refractivity contribution in [3.63, 3.8) is 0 Å². The summed E-state index contributed by atoms with van der Waals surface area (Å²) in [7, 11) is 1.99. The number of fused-ring (bicyclic) bond motifs is 1. The number of rotatable bonds is 4. The monoisotopic (exact) mass is 305 g/mol. The Labute approximate surface area is 116 Å². The van der Waals surface area contributed by atoms with E-state index in [2.05, 4.69) is 45.5 Å². The standard InChI is InChI=1S/C15H16BrNO/c1-17-13(14-6-7-15(16)18-14)9-11-8-10-4-2-3-5-12(10)11/h2-7,11,13,17H,8-9H2,1H3. The first-order chi connectivity index (χ1) is 8.78. The van der Waals surface area contributed by atoms with Gasteiger partial charge in [0.05, 0.1) is 6.04 Å². The summed E-state index contributed by atoms with van der Waals surface area (Å²) in [6.45, 7) is 0. The molecular formula is C15H16BrNO. The van der Waals surface area contributed by atoms with Gasteiger partial charge in [-0.15, -0.1) is 0 Å². The SMILES string of the molecule is CNC(CC1Cc2ccccc21)c1ccc(Br)o1. The molecule has 0 saturated carbocycles. The van der Waals surface area contributed by atoms with Gasteiger partial charge in [-0.25, -0.2) is 0 Å². The van der Waals surface area contributed by atoms with E-state index in [1.165, 1.54) is 17.5 Å². The first-order valence-electron chi connectivity index (χ1n) is 6.28. The summed E-state index contributed by atoms with van der Waals surface area (Å²) < 4.78 is 6.45. The maximum atomic E-state index is 5.65. The molecule has 0 aliphatic heterocycles. The van der Waals surface area contributed by atoms with Crippen molar-refractivity contribution >= 4 is 15.9 Å². The quantitative estimate of drug-likeness (QED) is 0.922. The van der Waals surface area contributed by atoms with E-state index in [0.717, 1.165) is 16.9 Å². The van der Waals surface area contributed by atoms with Crippen LogP contribution in [0, 0.1) is 0 Å². The van der Waals surface area contributed by atoms with Gasteiger partial charge in [0.2, 0.25) is 0 Å². The summed E-state index contributed by atoms with van der Waals surface area (Å²) in [6.07, 6.45) is 2.28. The molecule has 1 aromatic carbocycles. The van der Waals surface area contributed by atoms with Crippen molar-refractivity contribution in [2.24, 2.45) is 0 Å². The number of benzene rings is 1. The Balaban J connectivity index is 1.73. The smallest absolute Gasteiger partial charge is 0.169 e. The van der Waals surface area contributed by atoms with E-state index in [1.54, 1.807) is 0 Å². The van der Waals surface area contributed by atoms with Crippen LogP contribution in [0.3, 0.4) is 0 Å². The van der Waals surface area contributed by atoms with Gasteiger partial charge in [-0.3, -0.25) is 0 Å². The number of nitrogens with one attached hydrogen (secondary N) is 1. The fourth-order valence-electron chi connectivity index (χ4n) is 2.75. The van der Waals surface area contributed by atoms with E-state index < -0.39 is 0 Å². The fourth-order valence-corrected chi connectivity index (χ4v) is 3.07. The Morgan fingerprint density at radius 1 is 1.33 bits per heavy atom. The zero-order chi connectivity index (χ0) is 12.5. The molecule has 1 heterocycles. The molecule has 0 bridgehead atoms. The van der Waals surface area contributed by atoms with Gasteiger partial charge in [-0.1, -0.05) is 24.3 Å². The third-order valence-corrected chi connectivity index (χ3v) is 4.19. The van der Waals surface area contributed by atoms with Crippen LogP contribution >= 0.6 is 15.9 Å². The van der Waals surface area contributed by atoms with Gasteiger partial charge in [0.25, 0.3) is 0 Å². The molecule has 0 spiro atoms. The Kier molecular flexibility index (Phi) is 3.27. The van der Waals surface area contributed by atoms with Crippen LogP contribution in [0.4, 0.5) is 0 Å². The van der Waals surface area contributed by atoms with Gasteiger partial charge >= 0.3 is 0 Å². The maximum absolute atomic E-state index is 5.65. The normalized spacial score (nSPS) is 19.1. The highest BCUT2D eigenvalue weighted by molar-refractivity contribution is 9.10.